The van der Waals surface area contributed by atoms with Gasteiger partial charge in [0.15, 0.2) is 0 Å². The fourth-order valence-electron chi connectivity index (χ4n) is 2.89. The van der Waals surface area contributed by atoms with Gasteiger partial charge in [0, 0.05) is 12.5 Å². The number of fused-ring (bicyclic) bond motifs is 1. The summed E-state index contributed by atoms with van der Waals surface area (Å²) in [5.74, 6) is 0.166. The van der Waals surface area contributed by atoms with Crippen LogP contribution in [0.3, 0.4) is 0 Å². The molecule has 2 aliphatic heterocycles. The standard InChI is InChI=1S/C14H13F6N3/c15-13(16,17)7-4-9(14(18,19)20)12-10(5-7)22-11(23-12)6-8-2-1-3-21-8/h4-5,8,12,21H,1-3,6H2/t8-,12?/m0/s1. The highest BCUT2D eigenvalue weighted by Crippen LogP contribution is 2.40. The summed E-state index contributed by atoms with van der Waals surface area (Å²) in [6, 6.07) is -1.43. The number of hydrogen-bond donors (Lipinski definition) is 1. The van der Waals surface area contributed by atoms with Crippen molar-refractivity contribution in [3.8, 4) is 0 Å². The quantitative estimate of drug-likeness (QED) is 0.771. The van der Waals surface area contributed by atoms with E-state index >= 15 is 0 Å². The Kier molecular flexibility index (Phi) is 3.86. The molecule has 1 saturated heterocycles. The highest BCUT2D eigenvalue weighted by atomic mass is 19.4. The SMILES string of the molecule is FC(F)(F)C1=CC2=NC(C[C@@H]3CCCN3)=NC2C(C(F)(F)F)=C1. The smallest absolute Gasteiger partial charge is 0.314 e. The maximum absolute atomic E-state index is 13.1. The average Bonchev–Trinajstić information content (AvgIpc) is 3.03. The van der Waals surface area contributed by atoms with Crippen LogP contribution in [0.15, 0.2) is 33.3 Å². The highest BCUT2D eigenvalue weighted by Gasteiger charge is 2.47. The molecule has 1 fully saturated rings. The molecule has 0 radical (unpaired) electrons. The Labute approximate surface area is 127 Å². The number of amidine groups is 1. The van der Waals surface area contributed by atoms with Crippen LogP contribution in [-0.2, 0) is 0 Å². The predicted octanol–water partition coefficient (Wildman–Crippen LogP) is 3.34. The van der Waals surface area contributed by atoms with E-state index in [1.807, 2.05) is 0 Å². The van der Waals surface area contributed by atoms with Crippen molar-refractivity contribution in [2.45, 2.75) is 43.7 Å². The Morgan fingerprint density at radius 3 is 2.39 bits per heavy atom. The number of hydrogen-bond acceptors (Lipinski definition) is 3. The molecule has 0 aromatic heterocycles. The summed E-state index contributed by atoms with van der Waals surface area (Å²) < 4.78 is 77.6. The molecule has 23 heavy (non-hydrogen) atoms. The number of rotatable bonds is 2. The molecule has 0 spiro atoms. The maximum Gasteiger partial charge on any atom is 0.416 e. The maximum atomic E-state index is 13.1. The molecular formula is C14H13F6N3. The van der Waals surface area contributed by atoms with Gasteiger partial charge in [-0.3, -0.25) is 4.99 Å². The summed E-state index contributed by atoms with van der Waals surface area (Å²) in [5.41, 5.74) is -2.96. The summed E-state index contributed by atoms with van der Waals surface area (Å²) in [4.78, 5) is 7.82. The van der Waals surface area contributed by atoms with Crippen LogP contribution in [-0.4, -0.2) is 42.5 Å². The minimum Gasteiger partial charge on any atom is -0.314 e. The third-order valence-corrected chi connectivity index (χ3v) is 3.97. The summed E-state index contributed by atoms with van der Waals surface area (Å²) in [7, 11) is 0. The Hall–Kier alpha value is -1.64. The number of nitrogens with one attached hydrogen (secondary N) is 1. The number of aliphatic imine (C=N–C) groups is 2. The van der Waals surface area contributed by atoms with E-state index in [2.05, 4.69) is 15.3 Å². The van der Waals surface area contributed by atoms with E-state index in [-0.39, 0.29) is 23.7 Å². The minimum atomic E-state index is -4.89. The highest BCUT2D eigenvalue weighted by molar-refractivity contribution is 6.14. The number of halogens is 6. The Bertz CT molecular complexity index is 617. The van der Waals surface area contributed by atoms with E-state index in [9.17, 15) is 26.3 Å². The second-order valence-electron chi connectivity index (χ2n) is 5.68. The number of alkyl halides is 6. The second kappa shape index (κ2) is 5.47. The van der Waals surface area contributed by atoms with E-state index in [0.29, 0.717) is 12.5 Å². The van der Waals surface area contributed by atoms with E-state index in [1.54, 1.807) is 0 Å². The van der Waals surface area contributed by atoms with Crippen molar-refractivity contribution >= 4 is 11.5 Å². The first-order chi connectivity index (χ1) is 10.6. The summed E-state index contributed by atoms with van der Waals surface area (Å²) >= 11 is 0. The number of nitrogens with zero attached hydrogens (tertiary/aromatic N) is 2. The van der Waals surface area contributed by atoms with Gasteiger partial charge >= 0.3 is 12.4 Å². The van der Waals surface area contributed by atoms with Crippen LogP contribution in [0.1, 0.15) is 19.3 Å². The monoisotopic (exact) mass is 337 g/mol. The molecule has 1 N–H and O–H groups in total. The zero-order valence-corrected chi connectivity index (χ0v) is 11.8. The molecule has 3 aliphatic rings. The molecule has 2 heterocycles. The lowest BCUT2D eigenvalue weighted by molar-refractivity contribution is -0.0976. The van der Waals surface area contributed by atoms with Crippen molar-refractivity contribution in [2.75, 3.05) is 6.54 Å². The van der Waals surface area contributed by atoms with Crippen LogP contribution in [0, 0.1) is 0 Å². The van der Waals surface area contributed by atoms with Crippen LogP contribution >= 0.6 is 0 Å². The van der Waals surface area contributed by atoms with E-state index in [1.165, 1.54) is 0 Å². The average molecular weight is 337 g/mol. The lowest BCUT2D eigenvalue weighted by Crippen LogP contribution is -2.32. The molecule has 3 nitrogen and oxygen atoms in total. The van der Waals surface area contributed by atoms with Crippen molar-refractivity contribution in [3.63, 3.8) is 0 Å². The predicted molar refractivity (Wildman–Crippen MR) is 72.6 cm³/mol. The molecule has 3 rings (SSSR count). The molecular weight excluding hydrogens is 324 g/mol. The summed E-state index contributed by atoms with van der Waals surface area (Å²) in [5, 5.41) is 3.16. The molecule has 0 amide bonds. The molecule has 1 aliphatic carbocycles. The first kappa shape index (κ1) is 16.2. The van der Waals surface area contributed by atoms with Gasteiger partial charge in [-0.15, -0.1) is 0 Å². The van der Waals surface area contributed by atoms with Gasteiger partial charge in [-0.05, 0) is 31.5 Å². The lowest BCUT2D eigenvalue weighted by atomic mass is 9.93. The molecule has 126 valence electrons. The minimum absolute atomic E-state index is 0.0580. The number of allylic oxidation sites excluding steroid dienone is 2. The Morgan fingerprint density at radius 2 is 1.83 bits per heavy atom. The second-order valence-corrected chi connectivity index (χ2v) is 5.68. The summed E-state index contributed by atoms with van der Waals surface area (Å²) in [6.45, 7) is 0.809. The van der Waals surface area contributed by atoms with Gasteiger partial charge in [0.25, 0.3) is 0 Å². The molecule has 0 bridgehead atoms. The van der Waals surface area contributed by atoms with Gasteiger partial charge in [0.05, 0.1) is 16.9 Å². The molecule has 9 heteroatoms. The molecule has 0 aromatic carbocycles. The van der Waals surface area contributed by atoms with Crippen molar-refractivity contribution < 1.29 is 26.3 Å². The Balaban J connectivity index is 1.92. The fraction of sp³-hybridized carbons (Fsp3) is 0.571. The largest absolute Gasteiger partial charge is 0.416 e. The van der Waals surface area contributed by atoms with E-state index in [0.717, 1.165) is 19.4 Å². The zero-order chi connectivity index (χ0) is 16.8. The van der Waals surface area contributed by atoms with Gasteiger partial charge in [-0.25, -0.2) is 4.99 Å². The van der Waals surface area contributed by atoms with Crippen LogP contribution in [0.5, 0.6) is 0 Å². The first-order valence-corrected chi connectivity index (χ1v) is 7.11. The third kappa shape index (κ3) is 3.34. The van der Waals surface area contributed by atoms with Gasteiger partial charge < -0.3 is 5.32 Å². The van der Waals surface area contributed by atoms with Crippen LogP contribution < -0.4 is 5.32 Å². The molecule has 2 atom stereocenters. The van der Waals surface area contributed by atoms with Crippen molar-refractivity contribution in [3.05, 3.63) is 23.3 Å². The van der Waals surface area contributed by atoms with E-state index < -0.39 is 29.5 Å². The summed E-state index contributed by atoms with van der Waals surface area (Å²) in [6.07, 6.45) is -6.85. The first-order valence-electron chi connectivity index (χ1n) is 7.11. The van der Waals surface area contributed by atoms with Gasteiger partial charge in [-0.1, -0.05) is 0 Å². The van der Waals surface area contributed by atoms with Crippen molar-refractivity contribution in [1.82, 2.24) is 5.32 Å². The van der Waals surface area contributed by atoms with Gasteiger partial charge in [-0.2, -0.15) is 26.3 Å². The zero-order valence-electron chi connectivity index (χ0n) is 11.8. The normalized spacial score (nSPS) is 28.1. The van der Waals surface area contributed by atoms with Crippen LogP contribution in [0.4, 0.5) is 26.3 Å². The van der Waals surface area contributed by atoms with Crippen LogP contribution in [0.25, 0.3) is 0 Å². The third-order valence-electron chi connectivity index (χ3n) is 3.97. The van der Waals surface area contributed by atoms with Gasteiger partial charge in [0.1, 0.15) is 11.9 Å². The molecule has 0 aromatic rings. The Morgan fingerprint density at radius 1 is 1.09 bits per heavy atom. The van der Waals surface area contributed by atoms with E-state index in [4.69, 9.17) is 0 Å². The topological polar surface area (TPSA) is 36.8 Å². The molecule has 1 unspecified atom stereocenters. The van der Waals surface area contributed by atoms with Gasteiger partial charge in [0.2, 0.25) is 0 Å². The van der Waals surface area contributed by atoms with Crippen LogP contribution in [0.2, 0.25) is 0 Å². The fourth-order valence-corrected chi connectivity index (χ4v) is 2.89. The molecule has 0 saturated carbocycles. The van der Waals surface area contributed by atoms with Crippen molar-refractivity contribution in [1.29, 1.82) is 0 Å². The lowest BCUT2D eigenvalue weighted by Gasteiger charge is -2.22. The van der Waals surface area contributed by atoms with Crippen molar-refractivity contribution in [2.24, 2.45) is 9.98 Å².